The number of amides is 4. The van der Waals surface area contributed by atoms with Gasteiger partial charge in [0.05, 0.1) is 6.42 Å². The number of carboxylic acid groups (broad SMARTS) is 1. The maximum atomic E-state index is 12.9. The lowest BCUT2D eigenvalue weighted by atomic mass is 10.0. The van der Waals surface area contributed by atoms with Crippen LogP contribution in [0.1, 0.15) is 37.5 Å². The van der Waals surface area contributed by atoms with Crippen LogP contribution in [0.5, 0.6) is 0 Å². The molecule has 5 N–H and O–H groups in total. The van der Waals surface area contributed by atoms with Crippen molar-refractivity contribution in [2.75, 3.05) is 0 Å². The molecule has 0 bridgehead atoms. The van der Waals surface area contributed by atoms with Crippen LogP contribution in [0.3, 0.4) is 0 Å². The molecule has 1 aliphatic rings. The Kier molecular flexibility index (Phi) is 10.2. The average molecular weight is 561 g/mol. The largest absolute Gasteiger partial charge is 0.481 e. The summed E-state index contributed by atoms with van der Waals surface area (Å²) in [5.74, 6) is -4.24. The third-order valence-electron chi connectivity index (χ3n) is 5.70. The van der Waals surface area contributed by atoms with Crippen molar-refractivity contribution in [3.63, 3.8) is 0 Å². The molecule has 0 aromatic heterocycles. The molecule has 2 aromatic rings. The van der Waals surface area contributed by atoms with Crippen molar-refractivity contribution >= 4 is 41.4 Å². The number of aliphatic carboxylic acids is 1. The highest BCUT2D eigenvalue weighted by Gasteiger charge is 2.46. The van der Waals surface area contributed by atoms with Crippen molar-refractivity contribution in [3.8, 4) is 0 Å². The SMILES string of the molecule is CC(C)[C@H](NC(=O)OCc1ccccc1)C(=O)N[C@@H](CC(=O)O)C(=O)NNC(=O)C1OC1c1ccc(Cl)cc1. The first kappa shape index (κ1) is 29.4. The number of ether oxygens (including phenoxy) is 2. The normalized spacial score (nSPS) is 17.3. The summed E-state index contributed by atoms with van der Waals surface area (Å²) in [7, 11) is 0. The highest BCUT2D eigenvalue weighted by Crippen LogP contribution is 2.38. The van der Waals surface area contributed by atoms with Gasteiger partial charge < -0.3 is 25.2 Å². The van der Waals surface area contributed by atoms with Crippen molar-refractivity contribution in [2.45, 2.75) is 51.2 Å². The summed E-state index contributed by atoms with van der Waals surface area (Å²) in [6.07, 6.45) is -3.02. The van der Waals surface area contributed by atoms with Gasteiger partial charge in [0, 0.05) is 5.02 Å². The Bertz CT molecular complexity index is 1190. The minimum Gasteiger partial charge on any atom is -0.481 e. The first-order valence-electron chi connectivity index (χ1n) is 12.0. The highest BCUT2D eigenvalue weighted by molar-refractivity contribution is 6.30. The molecule has 2 unspecified atom stereocenters. The molecule has 208 valence electrons. The first-order valence-corrected chi connectivity index (χ1v) is 12.4. The lowest BCUT2D eigenvalue weighted by molar-refractivity contribution is -0.141. The predicted octanol–water partition coefficient (Wildman–Crippen LogP) is 1.84. The molecule has 4 amide bonds. The Balaban J connectivity index is 1.53. The number of hydrogen-bond donors (Lipinski definition) is 5. The Morgan fingerprint density at radius 2 is 1.62 bits per heavy atom. The third-order valence-corrected chi connectivity index (χ3v) is 5.96. The number of nitrogens with one attached hydrogen (secondary N) is 4. The van der Waals surface area contributed by atoms with E-state index in [4.69, 9.17) is 21.1 Å². The summed E-state index contributed by atoms with van der Waals surface area (Å²) in [6.45, 7) is 3.29. The maximum absolute atomic E-state index is 12.9. The van der Waals surface area contributed by atoms with Crippen LogP contribution in [-0.2, 0) is 35.3 Å². The Morgan fingerprint density at radius 3 is 2.23 bits per heavy atom. The second-order valence-corrected chi connectivity index (χ2v) is 9.53. The van der Waals surface area contributed by atoms with E-state index in [-0.39, 0.29) is 6.61 Å². The average Bonchev–Trinajstić information content (AvgIpc) is 3.70. The number of carbonyl (C=O) groups is 5. The number of carboxylic acids is 1. The molecule has 4 atom stereocenters. The van der Waals surface area contributed by atoms with Gasteiger partial charge in [-0.3, -0.25) is 30.0 Å². The minimum atomic E-state index is -1.55. The van der Waals surface area contributed by atoms with Gasteiger partial charge in [0.25, 0.3) is 11.8 Å². The zero-order valence-corrected chi connectivity index (χ0v) is 21.9. The number of halogens is 1. The summed E-state index contributed by atoms with van der Waals surface area (Å²) in [5, 5.41) is 14.5. The highest BCUT2D eigenvalue weighted by atomic mass is 35.5. The van der Waals surface area contributed by atoms with E-state index >= 15 is 0 Å². The van der Waals surface area contributed by atoms with Crippen molar-refractivity contribution < 1.29 is 38.6 Å². The van der Waals surface area contributed by atoms with E-state index in [1.807, 2.05) is 6.07 Å². The second-order valence-electron chi connectivity index (χ2n) is 9.09. The molecule has 0 spiro atoms. The summed E-state index contributed by atoms with van der Waals surface area (Å²) >= 11 is 5.85. The minimum absolute atomic E-state index is 0.0214. The summed E-state index contributed by atoms with van der Waals surface area (Å²) in [4.78, 5) is 61.5. The standard InChI is InChI=1S/C26H29ClN4O8/c1-14(2)20(29-26(37)38-13-15-6-4-3-5-7-15)24(35)28-18(12-19(32)33)23(34)30-31-25(36)22-21(39-22)16-8-10-17(27)11-9-16/h3-11,14,18,20-22H,12-13H2,1-2H3,(H,28,35)(H,29,37)(H,30,34)(H,31,36)(H,32,33)/t18-,20-,21?,22?/m0/s1. The van der Waals surface area contributed by atoms with Crippen LogP contribution in [0, 0.1) is 5.92 Å². The maximum Gasteiger partial charge on any atom is 0.408 e. The molecule has 1 aliphatic heterocycles. The smallest absolute Gasteiger partial charge is 0.408 e. The zero-order valence-electron chi connectivity index (χ0n) is 21.2. The van der Waals surface area contributed by atoms with Crippen molar-refractivity contribution in [1.29, 1.82) is 0 Å². The molecular weight excluding hydrogens is 532 g/mol. The van der Waals surface area contributed by atoms with Gasteiger partial charge in [-0.25, -0.2) is 4.79 Å². The van der Waals surface area contributed by atoms with Crippen LogP contribution < -0.4 is 21.5 Å². The third kappa shape index (κ3) is 8.97. The van der Waals surface area contributed by atoms with Crippen molar-refractivity contribution in [3.05, 3.63) is 70.7 Å². The van der Waals surface area contributed by atoms with Gasteiger partial charge in [-0.1, -0.05) is 67.9 Å². The fourth-order valence-electron chi connectivity index (χ4n) is 3.57. The van der Waals surface area contributed by atoms with Gasteiger partial charge in [0.15, 0.2) is 6.10 Å². The van der Waals surface area contributed by atoms with Gasteiger partial charge >= 0.3 is 12.1 Å². The molecule has 39 heavy (non-hydrogen) atoms. The zero-order chi connectivity index (χ0) is 28.5. The topological polar surface area (TPSA) is 175 Å². The monoisotopic (exact) mass is 560 g/mol. The number of hydrazine groups is 1. The molecule has 3 rings (SSSR count). The van der Waals surface area contributed by atoms with E-state index in [1.54, 1.807) is 62.4 Å². The van der Waals surface area contributed by atoms with E-state index in [0.29, 0.717) is 5.02 Å². The van der Waals surface area contributed by atoms with Gasteiger partial charge in [-0.2, -0.15) is 0 Å². The van der Waals surface area contributed by atoms with Gasteiger partial charge in [-0.15, -0.1) is 0 Å². The lowest BCUT2D eigenvalue weighted by Gasteiger charge is -2.24. The van der Waals surface area contributed by atoms with Crippen LogP contribution >= 0.6 is 11.6 Å². The van der Waals surface area contributed by atoms with Crippen molar-refractivity contribution in [2.24, 2.45) is 5.92 Å². The van der Waals surface area contributed by atoms with Gasteiger partial charge in [0.2, 0.25) is 5.91 Å². The first-order chi connectivity index (χ1) is 18.5. The number of hydrogen-bond acceptors (Lipinski definition) is 7. The molecule has 1 fully saturated rings. The van der Waals surface area contributed by atoms with Crippen LogP contribution in [0.2, 0.25) is 5.02 Å². The van der Waals surface area contributed by atoms with E-state index in [1.165, 1.54) is 0 Å². The second kappa shape index (κ2) is 13.6. The number of alkyl carbamates (subject to hydrolysis) is 1. The summed E-state index contributed by atoms with van der Waals surface area (Å²) < 4.78 is 10.5. The molecule has 0 saturated carbocycles. The van der Waals surface area contributed by atoms with Crippen LogP contribution in [-0.4, -0.2) is 53.1 Å². The van der Waals surface area contributed by atoms with Crippen molar-refractivity contribution in [1.82, 2.24) is 21.5 Å². The summed E-state index contributed by atoms with van der Waals surface area (Å²) in [5.41, 5.74) is 5.75. The molecule has 12 nitrogen and oxygen atoms in total. The Hall–Kier alpha value is -4.16. The molecule has 2 aromatic carbocycles. The molecular formula is C26H29ClN4O8. The molecule has 1 saturated heterocycles. The van der Waals surface area contributed by atoms with Gasteiger partial charge in [-0.05, 0) is 29.2 Å². The quantitative estimate of drug-likeness (QED) is 0.204. The molecule has 0 aliphatic carbocycles. The number of epoxide rings is 1. The van der Waals surface area contributed by atoms with E-state index in [0.717, 1.165) is 11.1 Å². The van der Waals surface area contributed by atoms with Crippen LogP contribution in [0.15, 0.2) is 54.6 Å². The fraction of sp³-hybridized carbons (Fsp3) is 0.346. The Labute approximate surface area is 229 Å². The molecule has 1 heterocycles. The van der Waals surface area contributed by atoms with Crippen LogP contribution in [0.25, 0.3) is 0 Å². The molecule has 13 heteroatoms. The van der Waals surface area contributed by atoms with E-state index < -0.39 is 66.4 Å². The lowest BCUT2D eigenvalue weighted by Crippen LogP contribution is -2.58. The number of benzene rings is 2. The number of rotatable bonds is 11. The van der Waals surface area contributed by atoms with E-state index in [9.17, 15) is 29.1 Å². The van der Waals surface area contributed by atoms with Crippen LogP contribution in [0.4, 0.5) is 4.79 Å². The van der Waals surface area contributed by atoms with E-state index in [2.05, 4.69) is 21.5 Å². The predicted molar refractivity (Wildman–Crippen MR) is 138 cm³/mol. The molecule has 0 radical (unpaired) electrons. The van der Waals surface area contributed by atoms with Gasteiger partial charge in [0.1, 0.15) is 24.8 Å². The fourth-order valence-corrected chi connectivity index (χ4v) is 3.70. The number of carbonyl (C=O) groups excluding carboxylic acids is 4. The summed E-state index contributed by atoms with van der Waals surface area (Å²) in [6, 6.07) is 12.9. The Morgan fingerprint density at radius 1 is 0.949 bits per heavy atom.